The van der Waals surface area contributed by atoms with E-state index in [1.54, 1.807) is 23.2 Å². The van der Waals surface area contributed by atoms with Crippen LogP contribution in [0.15, 0.2) is 28.0 Å². The highest BCUT2D eigenvalue weighted by Crippen LogP contribution is 2.34. The number of aliphatic hydroxyl groups excluding tert-OH is 1. The Morgan fingerprint density at radius 2 is 2.29 bits per heavy atom. The minimum atomic E-state index is -0.274. The molecule has 164 valence electrons. The lowest BCUT2D eigenvalue weighted by atomic mass is 10.2. The van der Waals surface area contributed by atoms with E-state index < -0.39 is 0 Å². The maximum Gasteiger partial charge on any atom is 0.267 e. The van der Waals surface area contributed by atoms with Crippen LogP contribution in [0.3, 0.4) is 0 Å². The van der Waals surface area contributed by atoms with Crippen molar-refractivity contribution in [2.45, 2.75) is 32.3 Å². The van der Waals surface area contributed by atoms with Crippen molar-refractivity contribution in [2.24, 2.45) is 0 Å². The molecule has 2 N–H and O–H groups in total. The van der Waals surface area contributed by atoms with Gasteiger partial charge in [0.05, 0.1) is 23.1 Å². The second-order valence-corrected chi connectivity index (χ2v) is 9.17. The number of pyridine rings is 1. The number of hydrogen-bond acceptors (Lipinski definition) is 8. The summed E-state index contributed by atoms with van der Waals surface area (Å²) in [5.74, 6) is 0.165. The number of carbonyl (C=O) groups is 1. The molecule has 0 aromatic carbocycles. The SMILES string of the molecule is Cc1cccn2c(=O)c(C=C3SC(=S)N(CC4CCCO4)C3=O)c(NCCCO)nc12. The third-order valence-electron chi connectivity index (χ3n) is 5.27. The molecule has 1 amide bonds. The Balaban J connectivity index is 1.72. The minimum Gasteiger partial charge on any atom is -0.396 e. The zero-order chi connectivity index (χ0) is 22.0. The van der Waals surface area contributed by atoms with Gasteiger partial charge in [0.25, 0.3) is 11.5 Å². The second kappa shape index (κ2) is 9.47. The number of amides is 1. The fraction of sp³-hybridized carbons (Fsp3) is 0.429. The number of thioether (sulfide) groups is 1. The first kappa shape index (κ1) is 21.9. The topological polar surface area (TPSA) is 96.2 Å². The van der Waals surface area contributed by atoms with Gasteiger partial charge in [-0.25, -0.2) is 4.98 Å². The second-order valence-electron chi connectivity index (χ2n) is 7.50. The third kappa shape index (κ3) is 4.52. The van der Waals surface area contributed by atoms with E-state index >= 15 is 0 Å². The van der Waals surface area contributed by atoms with Crippen molar-refractivity contribution in [3.63, 3.8) is 0 Å². The molecule has 2 aromatic rings. The van der Waals surface area contributed by atoms with Gasteiger partial charge in [0, 0.05) is 26.0 Å². The van der Waals surface area contributed by atoms with Crippen LogP contribution in [0, 0.1) is 6.92 Å². The van der Waals surface area contributed by atoms with Crippen LogP contribution in [0.2, 0.25) is 0 Å². The Morgan fingerprint density at radius 3 is 3.03 bits per heavy atom. The van der Waals surface area contributed by atoms with Crippen molar-refractivity contribution < 1.29 is 14.6 Å². The molecule has 2 saturated heterocycles. The number of thiocarbonyl (C=S) groups is 1. The molecule has 1 atom stereocenters. The van der Waals surface area contributed by atoms with Gasteiger partial charge in [0.1, 0.15) is 15.8 Å². The molecule has 0 radical (unpaired) electrons. The molecular formula is C21H24N4O4S2. The summed E-state index contributed by atoms with van der Waals surface area (Å²) in [6.07, 6.45) is 5.63. The van der Waals surface area contributed by atoms with Crippen LogP contribution in [0.5, 0.6) is 0 Å². The van der Waals surface area contributed by atoms with Crippen molar-refractivity contribution in [2.75, 3.05) is 31.6 Å². The summed E-state index contributed by atoms with van der Waals surface area (Å²) < 4.78 is 7.58. The molecule has 1 unspecified atom stereocenters. The van der Waals surface area contributed by atoms with Crippen LogP contribution in [-0.2, 0) is 9.53 Å². The monoisotopic (exact) mass is 460 g/mol. The molecule has 4 heterocycles. The Morgan fingerprint density at radius 1 is 1.45 bits per heavy atom. The molecule has 8 nitrogen and oxygen atoms in total. The van der Waals surface area contributed by atoms with Gasteiger partial charge < -0.3 is 15.2 Å². The fourth-order valence-electron chi connectivity index (χ4n) is 3.64. The average Bonchev–Trinajstić information content (AvgIpc) is 3.35. The van der Waals surface area contributed by atoms with Crippen LogP contribution in [0.4, 0.5) is 5.82 Å². The standard InChI is InChI=1S/C21H24N4O4S2/c1-13-5-2-8-24-18(13)23-17(22-7-4-9-26)15(19(24)27)11-16-20(28)25(21(30)31-16)12-14-6-3-10-29-14/h2,5,8,11,14,22,26H,3-4,6-7,9-10,12H2,1H3. The normalized spacial score (nSPS) is 20.4. The highest BCUT2D eigenvalue weighted by atomic mass is 32.2. The molecule has 31 heavy (non-hydrogen) atoms. The largest absolute Gasteiger partial charge is 0.396 e. The molecule has 0 bridgehead atoms. The number of rotatable bonds is 7. The summed E-state index contributed by atoms with van der Waals surface area (Å²) in [4.78, 5) is 32.9. The van der Waals surface area contributed by atoms with Crippen LogP contribution < -0.4 is 10.9 Å². The molecule has 2 aliphatic heterocycles. The maximum atomic E-state index is 13.3. The molecule has 0 saturated carbocycles. The molecule has 2 aromatic heterocycles. The van der Waals surface area contributed by atoms with Gasteiger partial charge in [-0.05, 0) is 43.9 Å². The first-order valence-electron chi connectivity index (χ1n) is 10.2. The summed E-state index contributed by atoms with van der Waals surface area (Å²) in [5.41, 5.74) is 1.42. The van der Waals surface area contributed by atoms with Gasteiger partial charge >= 0.3 is 0 Å². The van der Waals surface area contributed by atoms with Crippen molar-refractivity contribution >= 4 is 51.7 Å². The van der Waals surface area contributed by atoms with Gasteiger partial charge in [0.2, 0.25) is 0 Å². The Labute approximate surface area is 189 Å². The van der Waals surface area contributed by atoms with Crippen molar-refractivity contribution in [3.8, 4) is 0 Å². The summed E-state index contributed by atoms with van der Waals surface area (Å²) in [6.45, 7) is 3.49. The average molecular weight is 461 g/mol. The van der Waals surface area contributed by atoms with Crippen LogP contribution in [-0.4, -0.2) is 62.0 Å². The van der Waals surface area contributed by atoms with Crippen LogP contribution in [0.1, 0.15) is 30.4 Å². The molecule has 2 aliphatic rings. The summed E-state index contributed by atoms with van der Waals surface area (Å²) in [5, 5.41) is 12.2. The number of carbonyl (C=O) groups excluding carboxylic acids is 1. The molecule has 4 rings (SSSR count). The van der Waals surface area contributed by atoms with Gasteiger partial charge in [-0.15, -0.1) is 0 Å². The van der Waals surface area contributed by atoms with E-state index in [2.05, 4.69) is 10.3 Å². The number of anilines is 1. The number of hydrogen-bond donors (Lipinski definition) is 2. The predicted octanol–water partition coefficient (Wildman–Crippen LogP) is 2.18. The zero-order valence-electron chi connectivity index (χ0n) is 17.2. The highest BCUT2D eigenvalue weighted by Gasteiger charge is 2.35. The molecule has 2 fully saturated rings. The predicted molar refractivity (Wildman–Crippen MR) is 125 cm³/mol. The van der Waals surface area contributed by atoms with Gasteiger partial charge in [-0.1, -0.05) is 30.0 Å². The Bertz CT molecular complexity index is 1110. The lowest BCUT2D eigenvalue weighted by Gasteiger charge is -2.18. The van der Waals surface area contributed by atoms with E-state index in [-0.39, 0.29) is 24.2 Å². The van der Waals surface area contributed by atoms with E-state index in [1.807, 2.05) is 13.0 Å². The number of nitrogens with zero attached hydrogens (tertiary/aromatic N) is 3. The summed E-state index contributed by atoms with van der Waals surface area (Å²) in [7, 11) is 0. The highest BCUT2D eigenvalue weighted by molar-refractivity contribution is 8.26. The van der Waals surface area contributed by atoms with Gasteiger partial charge in [-0.3, -0.25) is 18.9 Å². The fourth-order valence-corrected chi connectivity index (χ4v) is 4.90. The van der Waals surface area contributed by atoms with E-state index in [1.165, 1.54) is 16.2 Å². The smallest absolute Gasteiger partial charge is 0.267 e. The van der Waals surface area contributed by atoms with Gasteiger partial charge in [0.15, 0.2) is 0 Å². The number of aromatic nitrogens is 2. The quantitative estimate of drug-likeness (QED) is 0.369. The lowest BCUT2D eigenvalue weighted by Crippen LogP contribution is -2.35. The molecule has 0 spiro atoms. The molecule has 0 aliphatic carbocycles. The molecule has 10 heteroatoms. The van der Waals surface area contributed by atoms with Crippen molar-refractivity contribution in [1.29, 1.82) is 0 Å². The van der Waals surface area contributed by atoms with Gasteiger partial charge in [-0.2, -0.15) is 0 Å². The third-order valence-corrected chi connectivity index (χ3v) is 6.65. The lowest BCUT2D eigenvalue weighted by molar-refractivity contribution is -0.123. The number of ether oxygens (including phenoxy) is 1. The van der Waals surface area contributed by atoms with Crippen molar-refractivity contribution in [3.05, 3.63) is 44.7 Å². The maximum absolute atomic E-state index is 13.3. The minimum absolute atomic E-state index is 0.00602. The van der Waals surface area contributed by atoms with Crippen LogP contribution in [0.25, 0.3) is 11.7 Å². The Hall–Kier alpha value is -2.27. The first-order valence-corrected chi connectivity index (χ1v) is 11.5. The van der Waals surface area contributed by atoms with Crippen molar-refractivity contribution in [1.82, 2.24) is 14.3 Å². The first-order chi connectivity index (χ1) is 15.0. The van der Waals surface area contributed by atoms with E-state index in [0.717, 1.165) is 18.4 Å². The number of aryl methyl sites for hydroxylation is 1. The number of nitrogens with one attached hydrogen (secondary N) is 1. The summed E-state index contributed by atoms with van der Waals surface area (Å²) in [6, 6.07) is 3.67. The number of aliphatic hydroxyl groups is 1. The number of fused-ring (bicyclic) bond motifs is 1. The van der Waals surface area contributed by atoms with Crippen LogP contribution >= 0.6 is 24.0 Å². The zero-order valence-corrected chi connectivity index (χ0v) is 18.8. The Kier molecular flexibility index (Phi) is 6.71. The van der Waals surface area contributed by atoms with E-state index in [4.69, 9.17) is 22.1 Å². The summed E-state index contributed by atoms with van der Waals surface area (Å²) >= 11 is 6.60. The molecular weight excluding hydrogens is 436 g/mol. The van der Waals surface area contributed by atoms with E-state index in [9.17, 15) is 9.59 Å². The van der Waals surface area contributed by atoms with E-state index in [0.29, 0.717) is 52.4 Å².